The third-order valence-corrected chi connectivity index (χ3v) is 4.55. The van der Waals surface area contributed by atoms with Crippen molar-refractivity contribution < 1.29 is 9.53 Å². The number of ether oxygens (including phenoxy) is 1. The zero-order chi connectivity index (χ0) is 15.5. The summed E-state index contributed by atoms with van der Waals surface area (Å²) >= 11 is 0. The van der Waals surface area contributed by atoms with E-state index >= 15 is 0 Å². The third-order valence-electron chi connectivity index (χ3n) is 4.55. The van der Waals surface area contributed by atoms with Gasteiger partial charge in [-0.05, 0) is 49.9 Å². The summed E-state index contributed by atoms with van der Waals surface area (Å²) in [6.45, 7) is 6.86. The average molecular weight is 302 g/mol. The molecule has 2 aliphatic rings. The fraction of sp³-hybridized carbons (Fsp3) is 0.611. The van der Waals surface area contributed by atoms with E-state index in [4.69, 9.17) is 4.74 Å². The van der Waals surface area contributed by atoms with Crippen LogP contribution in [-0.4, -0.2) is 42.6 Å². The first-order chi connectivity index (χ1) is 10.6. The van der Waals surface area contributed by atoms with Crippen LogP contribution in [0.4, 0.5) is 0 Å². The number of hydrogen-bond acceptors (Lipinski definition) is 3. The molecule has 3 rings (SSSR count). The van der Waals surface area contributed by atoms with Crippen molar-refractivity contribution in [3.8, 4) is 5.75 Å². The Labute approximate surface area is 132 Å². The maximum absolute atomic E-state index is 12.9. The molecule has 4 heteroatoms. The summed E-state index contributed by atoms with van der Waals surface area (Å²) in [5.41, 5.74) is 0.750. The number of carbonyl (C=O) groups is 1. The summed E-state index contributed by atoms with van der Waals surface area (Å²) in [6, 6.07) is 8.39. The molecule has 2 unspecified atom stereocenters. The Hall–Kier alpha value is -1.55. The minimum atomic E-state index is 0.159. The van der Waals surface area contributed by atoms with Crippen molar-refractivity contribution in [3.05, 3.63) is 29.8 Å². The molecular weight excluding hydrogens is 276 g/mol. The van der Waals surface area contributed by atoms with Crippen LogP contribution in [0.25, 0.3) is 0 Å². The lowest BCUT2D eigenvalue weighted by Crippen LogP contribution is -2.42. The van der Waals surface area contributed by atoms with Gasteiger partial charge in [0.2, 0.25) is 0 Å². The zero-order valence-electron chi connectivity index (χ0n) is 13.5. The highest BCUT2D eigenvalue weighted by Gasteiger charge is 2.38. The molecule has 0 spiro atoms. The first-order valence-corrected chi connectivity index (χ1v) is 8.41. The molecule has 0 radical (unpaired) electrons. The monoisotopic (exact) mass is 302 g/mol. The molecule has 0 aromatic heterocycles. The van der Waals surface area contributed by atoms with Crippen LogP contribution in [0.3, 0.4) is 0 Å². The van der Waals surface area contributed by atoms with Crippen molar-refractivity contribution in [1.29, 1.82) is 0 Å². The van der Waals surface area contributed by atoms with E-state index in [1.165, 1.54) is 0 Å². The largest absolute Gasteiger partial charge is 0.493 e. The van der Waals surface area contributed by atoms with Crippen LogP contribution in [0.1, 0.15) is 43.5 Å². The predicted molar refractivity (Wildman–Crippen MR) is 87.2 cm³/mol. The van der Waals surface area contributed by atoms with Gasteiger partial charge < -0.3 is 15.0 Å². The molecule has 2 heterocycles. The minimum Gasteiger partial charge on any atom is -0.493 e. The second kappa shape index (κ2) is 6.69. The van der Waals surface area contributed by atoms with E-state index in [1.807, 2.05) is 24.3 Å². The van der Waals surface area contributed by atoms with Crippen molar-refractivity contribution >= 4 is 5.91 Å². The van der Waals surface area contributed by atoms with Gasteiger partial charge in [0.1, 0.15) is 5.75 Å². The average Bonchev–Trinajstić information content (AvgIpc) is 2.78. The number of nitrogens with one attached hydrogen (secondary N) is 1. The van der Waals surface area contributed by atoms with Gasteiger partial charge in [-0.25, -0.2) is 0 Å². The highest BCUT2D eigenvalue weighted by atomic mass is 16.5. The lowest BCUT2D eigenvalue weighted by Gasteiger charge is -2.28. The normalized spacial score (nSPS) is 24.4. The second-order valence-electron chi connectivity index (χ2n) is 6.82. The summed E-state index contributed by atoms with van der Waals surface area (Å²) in [5.74, 6) is 1.43. The summed E-state index contributed by atoms with van der Waals surface area (Å²) in [7, 11) is 0. The molecule has 120 valence electrons. The van der Waals surface area contributed by atoms with Crippen LogP contribution in [0.2, 0.25) is 0 Å². The van der Waals surface area contributed by atoms with E-state index in [1.54, 1.807) is 0 Å². The quantitative estimate of drug-likeness (QED) is 0.930. The van der Waals surface area contributed by atoms with Gasteiger partial charge in [0.15, 0.2) is 0 Å². The standard InChI is InChI=1S/C18H26N2O2/c1-13(2)12-22-17-5-3-4-14(10-17)18(21)20-15-6-7-16(20)11-19-9-8-15/h3-5,10,13,15-16,19H,6-9,11-12H2,1-2H3. The van der Waals surface area contributed by atoms with Crippen molar-refractivity contribution in [1.82, 2.24) is 10.2 Å². The SMILES string of the molecule is CC(C)COc1cccc(C(=O)N2C3CCNCC2CC3)c1. The molecular formula is C18H26N2O2. The number of amides is 1. The molecule has 2 bridgehead atoms. The Bertz CT molecular complexity index is 516. The molecule has 2 atom stereocenters. The number of rotatable bonds is 4. The van der Waals surface area contributed by atoms with E-state index in [2.05, 4.69) is 24.1 Å². The van der Waals surface area contributed by atoms with Crippen LogP contribution in [0, 0.1) is 5.92 Å². The third kappa shape index (κ3) is 3.27. The molecule has 2 aliphatic heterocycles. The fourth-order valence-corrected chi connectivity index (χ4v) is 3.44. The number of carbonyl (C=O) groups excluding carboxylic acids is 1. The zero-order valence-corrected chi connectivity index (χ0v) is 13.5. The molecule has 0 aliphatic carbocycles. The van der Waals surface area contributed by atoms with E-state index in [-0.39, 0.29) is 5.91 Å². The van der Waals surface area contributed by atoms with Crippen LogP contribution >= 0.6 is 0 Å². The lowest BCUT2D eigenvalue weighted by atomic mass is 10.1. The van der Waals surface area contributed by atoms with Gasteiger partial charge in [0, 0.05) is 24.2 Å². The Morgan fingerprint density at radius 3 is 2.95 bits per heavy atom. The van der Waals surface area contributed by atoms with Crippen LogP contribution in [0.5, 0.6) is 5.75 Å². The smallest absolute Gasteiger partial charge is 0.254 e. The van der Waals surface area contributed by atoms with Gasteiger partial charge >= 0.3 is 0 Å². The summed E-state index contributed by atoms with van der Waals surface area (Å²) in [4.78, 5) is 15.1. The Morgan fingerprint density at radius 2 is 2.14 bits per heavy atom. The lowest BCUT2D eigenvalue weighted by molar-refractivity contribution is 0.0680. The van der Waals surface area contributed by atoms with Crippen molar-refractivity contribution in [2.75, 3.05) is 19.7 Å². The van der Waals surface area contributed by atoms with E-state index in [0.29, 0.717) is 24.6 Å². The number of fused-ring (bicyclic) bond motifs is 2. The fourth-order valence-electron chi connectivity index (χ4n) is 3.44. The minimum absolute atomic E-state index is 0.159. The molecule has 0 saturated carbocycles. The second-order valence-corrected chi connectivity index (χ2v) is 6.82. The number of hydrogen-bond donors (Lipinski definition) is 1. The summed E-state index contributed by atoms with van der Waals surface area (Å²) in [5, 5.41) is 3.44. The van der Waals surface area contributed by atoms with E-state index in [9.17, 15) is 4.79 Å². The molecule has 1 aromatic rings. The molecule has 2 saturated heterocycles. The van der Waals surface area contributed by atoms with E-state index < -0.39 is 0 Å². The highest BCUT2D eigenvalue weighted by molar-refractivity contribution is 5.95. The maximum atomic E-state index is 12.9. The Morgan fingerprint density at radius 1 is 1.32 bits per heavy atom. The van der Waals surface area contributed by atoms with Crippen molar-refractivity contribution in [3.63, 3.8) is 0 Å². The molecule has 1 aromatic carbocycles. The summed E-state index contributed by atoms with van der Waals surface area (Å²) in [6.07, 6.45) is 3.32. The van der Waals surface area contributed by atoms with Gasteiger partial charge in [-0.15, -0.1) is 0 Å². The first-order valence-electron chi connectivity index (χ1n) is 8.41. The molecule has 2 fully saturated rings. The van der Waals surface area contributed by atoms with Crippen molar-refractivity contribution in [2.45, 2.75) is 45.2 Å². The van der Waals surface area contributed by atoms with Gasteiger partial charge in [0.05, 0.1) is 6.61 Å². The predicted octanol–water partition coefficient (Wildman–Crippen LogP) is 2.69. The van der Waals surface area contributed by atoms with Crippen LogP contribution in [0.15, 0.2) is 24.3 Å². The topological polar surface area (TPSA) is 41.6 Å². The highest BCUT2D eigenvalue weighted by Crippen LogP contribution is 2.30. The van der Waals surface area contributed by atoms with Crippen LogP contribution in [-0.2, 0) is 0 Å². The van der Waals surface area contributed by atoms with Gasteiger partial charge in [-0.1, -0.05) is 19.9 Å². The first kappa shape index (κ1) is 15.3. The maximum Gasteiger partial charge on any atom is 0.254 e. The molecule has 22 heavy (non-hydrogen) atoms. The molecule has 4 nitrogen and oxygen atoms in total. The number of benzene rings is 1. The van der Waals surface area contributed by atoms with Crippen LogP contribution < -0.4 is 10.1 Å². The Balaban J connectivity index is 1.75. The summed E-state index contributed by atoms with van der Waals surface area (Å²) < 4.78 is 5.76. The molecule has 1 amide bonds. The van der Waals surface area contributed by atoms with Gasteiger partial charge in [0.25, 0.3) is 5.91 Å². The Kier molecular flexibility index (Phi) is 4.67. The number of nitrogens with zero attached hydrogens (tertiary/aromatic N) is 1. The van der Waals surface area contributed by atoms with Crippen molar-refractivity contribution in [2.24, 2.45) is 5.92 Å². The molecule has 1 N–H and O–H groups in total. The van der Waals surface area contributed by atoms with E-state index in [0.717, 1.165) is 43.7 Å². The van der Waals surface area contributed by atoms with Gasteiger partial charge in [-0.2, -0.15) is 0 Å². The van der Waals surface area contributed by atoms with Gasteiger partial charge in [-0.3, -0.25) is 4.79 Å².